The van der Waals surface area contributed by atoms with E-state index in [4.69, 9.17) is 0 Å². The second-order valence-electron chi connectivity index (χ2n) is 4.90. The molecule has 0 saturated carbocycles. The lowest BCUT2D eigenvalue weighted by molar-refractivity contribution is 0.0982. The fraction of sp³-hybridized carbons (Fsp3) is 0.0625. The number of nitrogens with one attached hydrogen (secondary N) is 2. The molecule has 0 amide bonds. The molecule has 0 saturated heterocycles. The van der Waals surface area contributed by atoms with Gasteiger partial charge in [-0.3, -0.25) is 4.79 Å². The Kier molecular flexibility index (Phi) is 2.57. The molecular weight excluding hydrogens is 264 g/mol. The maximum atomic E-state index is 12.3. The third-order valence-corrected chi connectivity index (χ3v) is 3.42. The topological polar surface area (TPSA) is 74.4 Å². The van der Waals surface area contributed by atoms with Gasteiger partial charge < -0.3 is 9.97 Å². The Hall–Kier alpha value is -2.95. The summed E-state index contributed by atoms with van der Waals surface area (Å²) in [7, 11) is 0. The molecule has 0 aliphatic carbocycles. The van der Waals surface area contributed by atoms with Gasteiger partial charge in [0.25, 0.3) is 0 Å². The summed E-state index contributed by atoms with van der Waals surface area (Å²) >= 11 is 0. The van der Waals surface area contributed by atoms with Gasteiger partial charge in [0.1, 0.15) is 5.82 Å². The first-order chi connectivity index (χ1) is 10.3. The molecule has 102 valence electrons. The predicted octanol–water partition coefficient (Wildman–Crippen LogP) is 2.86. The zero-order valence-corrected chi connectivity index (χ0v) is 11.1. The van der Waals surface area contributed by atoms with E-state index >= 15 is 0 Å². The Morgan fingerprint density at radius 3 is 2.14 bits per heavy atom. The third kappa shape index (κ3) is 2.08. The van der Waals surface area contributed by atoms with Gasteiger partial charge in [0.2, 0.25) is 5.78 Å². The number of hydrogen-bond acceptors (Lipinski definition) is 3. The summed E-state index contributed by atoms with van der Waals surface area (Å²) in [5.74, 6) is 0.948. The van der Waals surface area contributed by atoms with Gasteiger partial charge in [-0.1, -0.05) is 24.3 Å². The molecule has 4 aromatic rings. The van der Waals surface area contributed by atoms with Crippen LogP contribution >= 0.6 is 0 Å². The van der Waals surface area contributed by atoms with Crippen molar-refractivity contribution in [1.29, 1.82) is 0 Å². The van der Waals surface area contributed by atoms with Gasteiger partial charge in [0, 0.05) is 0 Å². The van der Waals surface area contributed by atoms with Crippen molar-refractivity contribution in [1.82, 2.24) is 19.9 Å². The fourth-order valence-corrected chi connectivity index (χ4v) is 2.41. The number of para-hydroxylation sites is 4. The summed E-state index contributed by atoms with van der Waals surface area (Å²) in [6, 6.07) is 15.3. The largest absolute Gasteiger partial charge is 0.342 e. The highest BCUT2D eigenvalue weighted by Crippen LogP contribution is 2.14. The molecule has 0 fully saturated rings. The second kappa shape index (κ2) is 4.56. The minimum Gasteiger partial charge on any atom is -0.342 e. The van der Waals surface area contributed by atoms with E-state index in [1.54, 1.807) is 0 Å². The first-order valence-corrected chi connectivity index (χ1v) is 6.71. The molecular formula is C16H12N4O. The molecule has 5 heteroatoms. The van der Waals surface area contributed by atoms with E-state index in [0.717, 1.165) is 22.1 Å². The van der Waals surface area contributed by atoms with Crippen LogP contribution in [0.2, 0.25) is 0 Å². The van der Waals surface area contributed by atoms with Crippen molar-refractivity contribution in [2.45, 2.75) is 6.42 Å². The zero-order valence-electron chi connectivity index (χ0n) is 11.1. The predicted molar refractivity (Wildman–Crippen MR) is 80.2 cm³/mol. The number of aromatic nitrogens is 4. The number of benzene rings is 2. The number of carbonyl (C=O) groups is 1. The van der Waals surface area contributed by atoms with Gasteiger partial charge >= 0.3 is 0 Å². The van der Waals surface area contributed by atoms with Crippen LogP contribution in [0.25, 0.3) is 22.1 Å². The number of aromatic amines is 2. The van der Waals surface area contributed by atoms with Crippen LogP contribution in [0.1, 0.15) is 16.4 Å². The normalized spacial score (nSPS) is 11.2. The van der Waals surface area contributed by atoms with Crippen LogP contribution in [0, 0.1) is 0 Å². The number of nitrogens with zero attached hydrogens (tertiary/aromatic N) is 2. The lowest BCUT2D eigenvalue weighted by Gasteiger charge is -1.93. The Morgan fingerprint density at radius 1 is 0.857 bits per heavy atom. The molecule has 2 aromatic heterocycles. The Labute approximate surface area is 120 Å². The highest BCUT2D eigenvalue weighted by atomic mass is 16.1. The molecule has 0 aliphatic rings. The van der Waals surface area contributed by atoms with Crippen LogP contribution in [0.15, 0.2) is 48.5 Å². The third-order valence-electron chi connectivity index (χ3n) is 3.42. The minimum absolute atomic E-state index is 0.0785. The van der Waals surface area contributed by atoms with Gasteiger partial charge in [0.15, 0.2) is 5.82 Å². The number of H-pyrrole nitrogens is 2. The summed E-state index contributed by atoms with van der Waals surface area (Å²) in [6.45, 7) is 0. The molecule has 4 rings (SSSR count). The first kappa shape index (κ1) is 11.8. The van der Waals surface area contributed by atoms with Crippen molar-refractivity contribution in [3.8, 4) is 0 Å². The van der Waals surface area contributed by atoms with Gasteiger partial charge in [-0.05, 0) is 24.3 Å². The fourth-order valence-electron chi connectivity index (χ4n) is 2.41. The maximum Gasteiger partial charge on any atom is 0.205 e. The molecule has 0 unspecified atom stereocenters. The zero-order chi connectivity index (χ0) is 14.2. The number of rotatable bonds is 3. The Bertz CT molecular complexity index is 885. The van der Waals surface area contributed by atoms with Crippen LogP contribution in [0.5, 0.6) is 0 Å². The van der Waals surface area contributed by atoms with Gasteiger partial charge in [0.05, 0.1) is 28.5 Å². The molecule has 0 bridgehead atoms. The molecule has 2 heterocycles. The SMILES string of the molecule is O=C(Cc1nc2ccccc2[nH]1)c1nc2ccccc2[nH]1. The van der Waals surface area contributed by atoms with Crippen LogP contribution < -0.4 is 0 Å². The summed E-state index contributed by atoms with van der Waals surface area (Å²) in [5, 5.41) is 0. The lowest BCUT2D eigenvalue weighted by Crippen LogP contribution is -2.06. The van der Waals surface area contributed by atoms with Crippen LogP contribution in [-0.2, 0) is 6.42 Å². The van der Waals surface area contributed by atoms with E-state index in [0.29, 0.717) is 11.6 Å². The highest BCUT2D eigenvalue weighted by molar-refractivity contribution is 5.97. The number of carbonyl (C=O) groups excluding carboxylic acids is 1. The molecule has 21 heavy (non-hydrogen) atoms. The number of imidazole rings is 2. The van der Waals surface area contributed by atoms with Crippen LogP contribution in [0.3, 0.4) is 0 Å². The van der Waals surface area contributed by atoms with E-state index in [9.17, 15) is 4.79 Å². The second-order valence-corrected chi connectivity index (χ2v) is 4.90. The van der Waals surface area contributed by atoms with E-state index < -0.39 is 0 Å². The standard InChI is InChI=1S/C16H12N4O/c21-14(16-19-12-7-3-4-8-13(12)20-16)9-15-17-10-5-1-2-6-11(10)18-15/h1-8H,9H2,(H,17,18)(H,19,20). The number of ketones is 1. The van der Waals surface area contributed by atoms with Gasteiger partial charge in [-0.2, -0.15) is 0 Å². The van der Waals surface area contributed by atoms with Crippen LogP contribution in [-0.4, -0.2) is 25.7 Å². The summed E-state index contributed by atoms with van der Waals surface area (Å²) in [4.78, 5) is 27.2. The van der Waals surface area contributed by atoms with E-state index in [1.165, 1.54) is 0 Å². The van der Waals surface area contributed by atoms with Crippen molar-refractivity contribution >= 4 is 27.9 Å². The summed E-state index contributed by atoms with van der Waals surface area (Å²) in [6.07, 6.45) is 0.203. The van der Waals surface area contributed by atoms with Crippen LogP contribution in [0.4, 0.5) is 0 Å². The molecule has 0 atom stereocenters. The minimum atomic E-state index is -0.0785. The average molecular weight is 276 g/mol. The van der Waals surface area contributed by atoms with E-state index in [1.807, 2.05) is 48.5 Å². The first-order valence-electron chi connectivity index (χ1n) is 6.71. The summed E-state index contributed by atoms with van der Waals surface area (Å²) in [5.41, 5.74) is 3.46. The van der Waals surface area contributed by atoms with Crippen molar-refractivity contribution in [3.63, 3.8) is 0 Å². The summed E-state index contributed by atoms with van der Waals surface area (Å²) < 4.78 is 0. The monoisotopic (exact) mass is 276 g/mol. The van der Waals surface area contributed by atoms with Crippen molar-refractivity contribution < 1.29 is 4.79 Å². The maximum absolute atomic E-state index is 12.3. The smallest absolute Gasteiger partial charge is 0.205 e. The Balaban J connectivity index is 1.65. The number of hydrogen-bond donors (Lipinski definition) is 2. The highest BCUT2D eigenvalue weighted by Gasteiger charge is 2.14. The molecule has 2 N–H and O–H groups in total. The number of fused-ring (bicyclic) bond motifs is 2. The molecule has 0 aliphatic heterocycles. The molecule has 0 radical (unpaired) electrons. The average Bonchev–Trinajstić information content (AvgIpc) is 3.10. The number of Topliss-reactive ketones (excluding diaryl/α,β-unsaturated/α-hetero) is 1. The van der Waals surface area contributed by atoms with Crippen molar-refractivity contribution in [2.24, 2.45) is 0 Å². The molecule has 2 aromatic carbocycles. The van der Waals surface area contributed by atoms with E-state index in [2.05, 4.69) is 19.9 Å². The molecule has 0 spiro atoms. The van der Waals surface area contributed by atoms with Gasteiger partial charge in [-0.25, -0.2) is 9.97 Å². The van der Waals surface area contributed by atoms with Crippen molar-refractivity contribution in [2.75, 3.05) is 0 Å². The van der Waals surface area contributed by atoms with Crippen molar-refractivity contribution in [3.05, 3.63) is 60.2 Å². The van der Waals surface area contributed by atoms with E-state index in [-0.39, 0.29) is 12.2 Å². The van der Waals surface area contributed by atoms with Gasteiger partial charge in [-0.15, -0.1) is 0 Å². The quantitative estimate of drug-likeness (QED) is 0.565. The Morgan fingerprint density at radius 2 is 1.48 bits per heavy atom. The molecule has 5 nitrogen and oxygen atoms in total. The lowest BCUT2D eigenvalue weighted by atomic mass is 10.2.